The molecule has 0 bridgehead atoms. The van der Waals surface area contributed by atoms with Crippen LogP contribution in [-0.2, 0) is 0 Å². The fourth-order valence-electron chi connectivity index (χ4n) is 1.45. The summed E-state index contributed by atoms with van der Waals surface area (Å²) in [5, 5.41) is 0. The third-order valence-corrected chi connectivity index (χ3v) is 2.80. The molecule has 1 fully saturated rings. The van der Waals surface area contributed by atoms with Gasteiger partial charge < -0.3 is 5.73 Å². The molecule has 0 spiro atoms. The van der Waals surface area contributed by atoms with E-state index in [0.717, 1.165) is 17.7 Å². The van der Waals surface area contributed by atoms with E-state index in [1.807, 2.05) is 13.1 Å². The second kappa shape index (κ2) is 3.97. The minimum Gasteiger partial charge on any atom is -0.323 e. The number of aliphatic imine (C=N–C) groups is 1. The zero-order chi connectivity index (χ0) is 9.14. The van der Waals surface area contributed by atoms with Crippen molar-refractivity contribution in [3.05, 3.63) is 24.3 Å². The summed E-state index contributed by atoms with van der Waals surface area (Å²) < 4.78 is 0. The molecule has 0 aromatic rings. The molecule has 0 aromatic heterocycles. The van der Waals surface area contributed by atoms with Gasteiger partial charge in [0.25, 0.3) is 0 Å². The Bertz CT molecular complexity index is 243. The second-order valence-corrected chi connectivity index (χ2v) is 3.78. The van der Waals surface area contributed by atoms with E-state index in [0.29, 0.717) is 5.66 Å². The van der Waals surface area contributed by atoms with Gasteiger partial charge in [0.15, 0.2) is 0 Å². The van der Waals surface area contributed by atoms with Crippen LogP contribution >= 0.6 is 9.24 Å². The standard InChI is InChI=1S/C9H15N2P/c1-3-4-6-7(11-2)5-8(12)9(6)10/h3-4,8-9H,1,5,10,12H2,2H3/b6-4+,11-7?. The van der Waals surface area contributed by atoms with Crippen molar-refractivity contribution >= 4 is 15.0 Å². The molecule has 1 aliphatic carbocycles. The Labute approximate surface area is 75.8 Å². The van der Waals surface area contributed by atoms with Crippen LogP contribution in [0.25, 0.3) is 0 Å². The molecule has 3 atom stereocenters. The van der Waals surface area contributed by atoms with Gasteiger partial charge in [0, 0.05) is 18.8 Å². The molecule has 1 aliphatic rings. The Kier molecular flexibility index (Phi) is 3.19. The molecule has 1 saturated carbocycles. The van der Waals surface area contributed by atoms with Crippen molar-refractivity contribution in [2.75, 3.05) is 7.05 Å². The Morgan fingerprint density at radius 1 is 1.75 bits per heavy atom. The first-order chi connectivity index (χ1) is 5.70. The van der Waals surface area contributed by atoms with Gasteiger partial charge >= 0.3 is 0 Å². The minimum atomic E-state index is 0.103. The molecule has 0 amide bonds. The van der Waals surface area contributed by atoms with Gasteiger partial charge in [-0.2, -0.15) is 0 Å². The number of rotatable bonds is 1. The molecule has 0 aliphatic heterocycles. The highest BCUT2D eigenvalue weighted by Crippen LogP contribution is 2.27. The van der Waals surface area contributed by atoms with Gasteiger partial charge in [-0.25, -0.2) is 0 Å². The van der Waals surface area contributed by atoms with E-state index in [9.17, 15) is 0 Å². The Hall–Kier alpha value is -0.460. The summed E-state index contributed by atoms with van der Waals surface area (Å²) in [5.41, 5.74) is 8.63. The average Bonchev–Trinajstić information content (AvgIpc) is 2.33. The number of hydrogen-bond acceptors (Lipinski definition) is 2. The van der Waals surface area contributed by atoms with Gasteiger partial charge in [-0.3, -0.25) is 4.99 Å². The summed E-state index contributed by atoms with van der Waals surface area (Å²) in [6.45, 7) is 3.66. The lowest BCUT2D eigenvalue weighted by atomic mass is 10.1. The molecule has 0 aromatic carbocycles. The highest BCUT2D eigenvalue weighted by molar-refractivity contribution is 7.18. The molecule has 2 N–H and O–H groups in total. The maximum Gasteiger partial charge on any atom is 0.0399 e. The van der Waals surface area contributed by atoms with Crippen molar-refractivity contribution in [3.8, 4) is 0 Å². The first kappa shape index (κ1) is 9.63. The highest BCUT2D eigenvalue weighted by Gasteiger charge is 2.29. The van der Waals surface area contributed by atoms with Crippen LogP contribution < -0.4 is 5.73 Å². The van der Waals surface area contributed by atoms with Crippen molar-refractivity contribution in [1.29, 1.82) is 0 Å². The van der Waals surface area contributed by atoms with Gasteiger partial charge in [0.1, 0.15) is 0 Å². The molecule has 0 radical (unpaired) electrons. The molecular formula is C9H15N2P. The van der Waals surface area contributed by atoms with Crippen LogP contribution in [0.3, 0.4) is 0 Å². The molecule has 12 heavy (non-hydrogen) atoms. The van der Waals surface area contributed by atoms with Gasteiger partial charge in [0.05, 0.1) is 0 Å². The molecule has 0 heterocycles. The summed E-state index contributed by atoms with van der Waals surface area (Å²) in [7, 11) is 4.57. The third kappa shape index (κ3) is 1.65. The van der Waals surface area contributed by atoms with E-state index in [-0.39, 0.29) is 6.04 Å². The van der Waals surface area contributed by atoms with Gasteiger partial charge in [-0.05, 0) is 17.7 Å². The summed E-state index contributed by atoms with van der Waals surface area (Å²) >= 11 is 0. The average molecular weight is 182 g/mol. The topological polar surface area (TPSA) is 38.4 Å². The van der Waals surface area contributed by atoms with E-state index >= 15 is 0 Å². The van der Waals surface area contributed by atoms with Gasteiger partial charge in [-0.15, -0.1) is 9.24 Å². The molecule has 0 saturated heterocycles. The van der Waals surface area contributed by atoms with E-state index in [4.69, 9.17) is 5.73 Å². The molecular weight excluding hydrogens is 167 g/mol. The smallest absolute Gasteiger partial charge is 0.0399 e. The maximum atomic E-state index is 5.96. The van der Waals surface area contributed by atoms with Crippen molar-refractivity contribution in [2.45, 2.75) is 18.1 Å². The highest BCUT2D eigenvalue weighted by atomic mass is 31.0. The third-order valence-electron chi connectivity index (χ3n) is 2.15. The maximum absolute atomic E-state index is 5.96. The van der Waals surface area contributed by atoms with Crippen LogP contribution in [-0.4, -0.2) is 24.5 Å². The lowest BCUT2D eigenvalue weighted by molar-refractivity contribution is 0.799. The zero-order valence-electron chi connectivity index (χ0n) is 7.33. The van der Waals surface area contributed by atoms with Crippen LogP contribution in [0.1, 0.15) is 6.42 Å². The zero-order valence-corrected chi connectivity index (χ0v) is 8.48. The molecule has 3 heteroatoms. The fraction of sp³-hybridized carbons (Fsp3) is 0.444. The SMILES string of the molecule is C=C/C=C1\C(=NC)CC(P)C1N. The van der Waals surface area contributed by atoms with Crippen molar-refractivity contribution < 1.29 is 0 Å². The lowest BCUT2D eigenvalue weighted by Gasteiger charge is -2.08. The Morgan fingerprint density at radius 2 is 2.42 bits per heavy atom. The predicted molar refractivity (Wildman–Crippen MR) is 57.7 cm³/mol. The van der Waals surface area contributed by atoms with E-state index in [1.165, 1.54) is 0 Å². The van der Waals surface area contributed by atoms with Gasteiger partial charge in [-0.1, -0.05) is 18.7 Å². The van der Waals surface area contributed by atoms with Crippen LogP contribution in [0.5, 0.6) is 0 Å². The lowest BCUT2D eigenvalue weighted by Crippen LogP contribution is -2.26. The van der Waals surface area contributed by atoms with Crippen molar-refractivity contribution in [3.63, 3.8) is 0 Å². The number of nitrogens with two attached hydrogens (primary N) is 1. The number of hydrogen-bond donors (Lipinski definition) is 1. The van der Waals surface area contributed by atoms with Crippen LogP contribution in [0.4, 0.5) is 0 Å². The molecule has 1 rings (SSSR count). The van der Waals surface area contributed by atoms with Crippen molar-refractivity contribution in [1.82, 2.24) is 0 Å². The summed E-state index contributed by atoms with van der Waals surface area (Å²) in [5.74, 6) is 0. The first-order valence-corrected chi connectivity index (χ1v) is 4.67. The first-order valence-electron chi connectivity index (χ1n) is 4.00. The van der Waals surface area contributed by atoms with Crippen LogP contribution in [0.2, 0.25) is 0 Å². The molecule has 2 nitrogen and oxygen atoms in total. The normalized spacial score (nSPS) is 36.2. The van der Waals surface area contributed by atoms with Crippen molar-refractivity contribution in [2.24, 2.45) is 10.7 Å². The summed E-state index contributed by atoms with van der Waals surface area (Å²) in [6, 6.07) is 0.103. The number of allylic oxidation sites excluding steroid dienone is 2. The molecule has 66 valence electrons. The Balaban J connectivity index is 2.96. The quantitative estimate of drug-likeness (QED) is 0.607. The largest absolute Gasteiger partial charge is 0.323 e. The van der Waals surface area contributed by atoms with Crippen LogP contribution in [0.15, 0.2) is 29.3 Å². The van der Waals surface area contributed by atoms with E-state index < -0.39 is 0 Å². The number of nitrogens with zero attached hydrogens (tertiary/aromatic N) is 1. The van der Waals surface area contributed by atoms with E-state index in [2.05, 4.69) is 20.8 Å². The Morgan fingerprint density at radius 3 is 2.92 bits per heavy atom. The minimum absolute atomic E-state index is 0.103. The monoisotopic (exact) mass is 182 g/mol. The molecule has 3 unspecified atom stereocenters. The fourth-order valence-corrected chi connectivity index (χ4v) is 1.88. The van der Waals surface area contributed by atoms with E-state index in [1.54, 1.807) is 6.08 Å². The van der Waals surface area contributed by atoms with Gasteiger partial charge in [0.2, 0.25) is 0 Å². The summed E-state index contributed by atoms with van der Waals surface area (Å²) in [6.07, 6.45) is 4.68. The summed E-state index contributed by atoms with van der Waals surface area (Å²) in [4.78, 5) is 4.20. The second-order valence-electron chi connectivity index (χ2n) is 2.92. The van der Waals surface area contributed by atoms with Crippen LogP contribution in [0, 0.1) is 0 Å². The predicted octanol–water partition coefficient (Wildman–Crippen LogP) is 1.14.